The fourth-order valence-corrected chi connectivity index (χ4v) is 2.64. The van der Waals surface area contributed by atoms with Crippen LogP contribution in [0.4, 0.5) is 4.79 Å². The van der Waals surface area contributed by atoms with Crippen molar-refractivity contribution in [2.75, 3.05) is 20.1 Å². The summed E-state index contributed by atoms with van der Waals surface area (Å²) in [6.45, 7) is 4.37. The number of amides is 2. The largest absolute Gasteiger partial charge is 0.481 e. The monoisotopic (exact) mass is 313 g/mol. The molecule has 0 aliphatic rings. The Labute approximate surface area is 129 Å². The maximum atomic E-state index is 11.7. The summed E-state index contributed by atoms with van der Waals surface area (Å²) in [6, 6.07) is -0.229. The minimum atomic E-state index is -0.895. The molecule has 1 unspecified atom stereocenters. The number of carboxylic acids is 1. The molecule has 0 fully saturated rings. The number of aromatic nitrogens is 1. The maximum Gasteiger partial charge on any atom is 0.317 e. The summed E-state index contributed by atoms with van der Waals surface area (Å²) in [5.74, 6) is -1.46. The molecule has 0 saturated heterocycles. The lowest BCUT2D eigenvalue weighted by Crippen LogP contribution is -2.41. The molecule has 0 radical (unpaired) electrons. The Morgan fingerprint density at radius 2 is 2.19 bits per heavy atom. The highest BCUT2D eigenvalue weighted by atomic mass is 32.1. The third kappa shape index (κ3) is 6.57. The van der Waals surface area contributed by atoms with Crippen LogP contribution in [0.25, 0.3) is 0 Å². The minimum absolute atomic E-state index is 0.208. The number of rotatable bonds is 8. The van der Waals surface area contributed by atoms with Crippen molar-refractivity contribution in [2.24, 2.45) is 5.92 Å². The van der Waals surface area contributed by atoms with Crippen LogP contribution < -0.4 is 5.32 Å². The zero-order valence-electron chi connectivity index (χ0n) is 12.8. The second kappa shape index (κ2) is 8.61. The third-order valence-corrected chi connectivity index (χ3v) is 4.10. The van der Waals surface area contributed by atoms with Gasteiger partial charge in [-0.3, -0.25) is 4.79 Å². The summed E-state index contributed by atoms with van der Waals surface area (Å²) in [7, 11) is 1.60. The average molecular weight is 313 g/mol. The summed E-state index contributed by atoms with van der Waals surface area (Å²) in [6.07, 6.45) is 2.79. The van der Waals surface area contributed by atoms with E-state index in [4.69, 9.17) is 5.11 Å². The third-order valence-electron chi connectivity index (χ3n) is 3.08. The first-order valence-corrected chi connectivity index (χ1v) is 7.91. The molecule has 0 aliphatic heterocycles. The van der Waals surface area contributed by atoms with Gasteiger partial charge in [0.1, 0.15) is 0 Å². The molecule has 1 aromatic rings. The van der Waals surface area contributed by atoms with Crippen LogP contribution in [-0.4, -0.2) is 47.1 Å². The first-order chi connectivity index (χ1) is 9.90. The number of thiazole rings is 1. The Morgan fingerprint density at radius 1 is 1.48 bits per heavy atom. The van der Waals surface area contributed by atoms with E-state index in [1.54, 1.807) is 25.3 Å². The van der Waals surface area contributed by atoms with E-state index >= 15 is 0 Å². The predicted molar refractivity (Wildman–Crippen MR) is 82.6 cm³/mol. The van der Waals surface area contributed by atoms with E-state index in [2.05, 4.69) is 10.3 Å². The number of carbonyl (C=O) groups is 2. The molecule has 118 valence electrons. The number of hydrogen-bond acceptors (Lipinski definition) is 4. The van der Waals surface area contributed by atoms with Gasteiger partial charge in [0.25, 0.3) is 0 Å². The Bertz CT molecular complexity index is 476. The molecule has 0 spiro atoms. The molecule has 7 heteroatoms. The number of nitrogens with zero attached hydrogens (tertiary/aromatic N) is 2. The van der Waals surface area contributed by atoms with Gasteiger partial charge in [-0.15, -0.1) is 11.3 Å². The number of nitrogens with one attached hydrogen (secondary N) is 1. The minimum Gasteiger partial charge on any atom is -0.481 e. The lowest BCUT2D eigenvalue weighted by atomic mass is 10.2. The number of unbranched alkanes of at least 4 members (excludes halogenated alkanes) is 1. The molecular weight excluding hydrogens is 290 g/mol. The first-order valence-electron chi connectivity index (χ1n) is 7.03. The summed E-state index contributed by atoms with van der Waals surface area (Å²) in [4.78, 5) is 28.3. The number of carboxylic acid groups (broad SMARTS) is 1. The highest BCUT2D eigenvalue weighted by molar-refractivity contribution is 7.09. The van der Waals surface area contributed by atoms with E-state index in [0.717, 1.165) is 30.0 Å². The van der Waals surface area contributed by atoms with E-state index in [9.17, 15) is 9.59 Å². The zero-order chi connectivity index (χ0) is 15.8. The van der Waals surface area contributed by atoms with E-state index in [1.807, 2.05) is 12.3 Å². The molecule has 21 heavy (non-hydrogen) atoms. The molecular formula is C14H23N3O3S. The van der Waals surface area contributed by atoms with Crippen LogP contribution >= 0.6 is 11.3 Å². The zero-order valence-corrected chi connectivity index (χ0v) is 13.6. The average Bonchev–Trinajstić information content (AvgIpc) is 2.83. The molecule has 1 heterocycles. The lowest BCUT2D eigenvalue weighted by molar-refractivity contribution is -0.141. The van der Waals surface area contributed by atoms with Gasteiger partial charge in [0.05, 0.1) is 10.9 Å². The first kappa shape index (κ1) is 17.4. The van der Waals surface area contributed by atoms with Gasteiger partial charge < -0.3 is 15.3 Å². The summed E-state index contributed by atoms with van der Waals surface area (Å²) in [5, 5.41) is 14.8. The van der Waals surface area contributed by atoms with Crippen molar-refractivity contribution in [1.82, 2.24) is 15.2 Å². The Balaban J connectivity index is 2.14. The van der Waals surface area contributed by atoms with Crippen LogP contribution in [0.2, 0.25) is 0 Å². The maximum absolute atomic E-state index is 11.7. The van der Waals surface area contributed by atoms with Gasteiger partial charge in [0.15, 0.2) is 0 Å². The second-order valence-electron chi connectivity index (χ2n) is 5.19. The quantitative estimate of drug-likeness (QED) is 0.720. The fourth-order valence-electron chi connectivity index (χ4n) is 1.82. The molecule has 1 rings (SSSR count). The van der Waals surface area contributed by atoms with E-state index in [0.29, 0.717) is 6.54 Å². The van der Waals surface area contributed by atoms with Crippen molar-refractivity contribution >= 4 is 23.3 Å². The smallest absolute Gasteiger partial charge is 0.317 e. The van der Waals surface area contributed by atoms with Crippen LogP contribution in [0, 0.1) is 12.8 Å². The summed E-state index contributed by atoms with van der Waals surface area (Å²) in [5.41, 5.74) is 1.05. The van der Waals surface area contributed by atoms with E-state index in [-0.39, 0.29) is 12.6 Å². The van der Waals surface area contributed by atoms with Crippen LogP contribution in [0.1, 0.15) is 30.5 Å². The highest BCUT2D eigenvalue weighted by Crippen LogP contribution is 2.11. The molecule has 1 atom stereocenters. The van der Waals surface area contributed by atoms with Crippen molar-refractivity contribution in [3.63, 3.8) is 0 Å². The molecule has 1 aromatic heterocycles. The van der Waals surface area contributed by atoms with Crippen molar-refractivity contribution in [1.29, 1.82) is 0 Å². The molecule has 0 bridgehead atoms. The van der Waals surface area contributed by atoms with Crippen molar-refractivity contribution in [3.05, 3.63) is 16.1 Å². The molecule has 0 aliphatic carbocycles. The van der Waals surface area contributed by atoms with Gasteiger partial charge in [-0.2, -0.15) is 0 Å². The summed E-state index contributed by atoms with van der Waals surface area (Å²) < 4.78 is 0. The van der Waals surface area contributed by atoms with Gasteiger partial charge in [0, 0.05) is 31.2 Å². The van der Waals surface area contributed by atoms with Gasteiger partial charge in [-0.05, 0) is 26.2 Å². The van der Waals surface area contributed by atoms with Crippen LogP contribution in [0.5, 0.6) is 0 Å². The molecule has 0 saturated carbocycles. The molecule has 6 nitrogen and oxygen atoms in total. The van der Waals surface area contributed by atoms with Gasteiger partial charge >= 0.3 is 12.0 Å². The van der Waals surface area contributed by atoms with Gasteiger partial charge in [-0.1, -0.05) is 6.92 Å². The van der Waals surface area contributed by atoms with Crippen LogP contribution in [-0.2, 0) is 11.2 Å². The SMILES string of the molecule is Cc1csc(CCCCNC(=O)N(C)CC(C)C(=O)O)n1. The molecule has 2 amide bonds. The van der Waals surface area contributed by atoms with Crippen LogP contribution in [0.3, 0.4) is 0 Å². The Morgan fingerprint density at radius 3 is 2.76 bits per heavy atom. The van der Waals surface area contributed by atoms with E-state index < -0.39 is 11.9 Å². The van der Waals surface area contributed by atoms with Gasteiger partial charge in [0.2, 0.25) is 0 Å². The fraction of sp³-hybridized carbons (Fsp3) is 0.643. The Hall–Kier alpha value is -1.63. The van der Waals surface area contributed by atoms with Crippen LogP contribution in [0.15, 0.2) is 5.38 Å². The standard InChI is InChI=1S/C14H23N3O3S/c1-10(13(18)19)8-17(3)14(20)15-7-5-4-6-12-16-11(2)9-21-12/h9-10H,4-8H2,1-3H3,(H,15,20)(H,18,19). The predicted octanol–water partition coefficient (Wildman–Crippen LogP) is 2.14. The van der Waals surface area contributed by atoms with E-state index in [1.165, 1.54) is 4.90 Å². The number of aryl methyl sites for hydroxylation is 2. The van der Waals surface area contributed by atoms with Crippen molar-refractivity contribution in [2.45, 2.75) is 33.1 Å². The van der Waals surface area contributed by atoms with Crippen molar-refractivity contribution in [3.8, 4) is 0 Å². The Kier molecular flexibility index (Phi) is 7.14. The number of aliphatic carboxylic acids is 1. The lowest BCUT2D eigenvalue weighted by Gasteiger charge is -2.19. The number of carbonyl (C=O) groups excluding carboxylic acids is 1. The van der Waals surface area contributed by atoms with Crippen molar-refractivity contribution < 1.29 is 14.7 Å². The molecule has 2 N–H and O–H groups in total. The summed E-state index contributed by atoms with van der Waals surface area (Å²) >= 11 is 1.67. The normalized spacial score (nSPS) is 12.0. The van der Waals surface area contributed by atoms with Gasteiger partial charge in [-0.25, -0.2) is 9.78 Å². The second-order valence-corrected chi connectivity index (χ2v) is 6.13. The topological polar surface area (TPSA) is 82.5 Å². The number of hydrogen-bond donors (Lipinski definition) is 2. The number of urea groups is 1. The molecule has 0 aromatic carbocycles. The highest BCUT2D eigenvalue weighted by Gasteiger charge is 2.16.